The Bertz CT molecular complexity index is 979. The number of hydrogen-bond donors (Lipinski definition) is 2. The van der Waals surface area contributed by atoms with Gasteiger partial charge in [0.15, 0.2) is 0 Å². The van der Waals surface area contributed by atoms with Gasteiger partial charge in [0.1, 0.15) is 11.5 Å². The first kappa shape index (κ1) is 14.5. The molecule has 1 saturated heterocycles. The van der Waals surface area contributed by atoms with E-state index in [1.54, 1.807) is 12.3 Å². The average Bonchev–Trinajstić information content (AvgIpc) is 3.36. The fourth-order valence-electron chi connectivity index (χ4n) is 4.37. The normalized spacial score (nSPS) is 22.0. The van der Waals surface area contributed by atoms with Crippen molar-refractivity contribution in [3.63, 3.8) is 0 Å². The van der Waals surface area contributed by atoms with E-state index < -0.39 is 0 Å². The van der Waals surface area contributed by atoms with Crippen LogP contribution in [0, 0.1) is 5.92 Å². The highest BCUT2D eigenvalue weighted by molar-refractivity contribution is 6.04. The largest absolute Gasteiger partial charge is 0.384 e. The molecule has 2 atom stereocenters. The Morgan fingerprint density at radius 1 is 1.32 bits per heavy atom. The van der Waals surface area contributed by atoms with Crippen LogP contribution in [0.5, 0.6) is 0 Å². The highest BCUT2D eigenvalue weighted by Crippen LogP contribution is 2.39. The molecular weight excluding hydrogens is 314 g/mol. The highest BCUT2D eigenvalue weighted by Gasteiger charge is 2.41. The first-order valence-electron chi connectivity index (χ1n) is 8.70. The summed E-state index contributed by atoms with van der Waals surface area (Å²) in [5.74, 6) is 1.16. The van der Waals surface area contributed by atoms with Crippen molar-refractivity contribution >= 4 is 22.8 Å². The number of pyridine rings is 2. The molecule has 2 bridgehead atoms. The van der Waals surface area contributed by atoms with Gasteiger partial charge in [0.2, 0.25) is 0 Å². The second kappa shape index (κ2) is 5.31. The molecule has 3 N–H and O–H groups in total. The van der Waals surface area contributed by atoms with Gasteiger partial charge >= 0.3 is 0 Å². The van der Waals surface area contributed by atoms with Crippen molar-refractivity contribution in [1.82, 2.24) is 19.9 Å². The Balaban J connectivity index is 1.63. The smallest absolute Gasteiger partial charge is 0.256 e. The average molecular weight is 333 g/mol. The number of amides is 1. The van der Waals surface area contributed by atoms with Crippen molar-refractivity contribution in [3.05, 3.63) is 42.2 Å². The molecule has 25 heavy (non-hydrogen) atoms. The Morgan fingerprint density at radius 3 is 3.04 bits per heavy atom. The van der Waals surface area contributed by atoms with Gasteiger partial charge in [0.25, 0.3) is 5.91 Å². The van der Waals surface area contributed by atoms with Crippen LogP contribution in [0.3, 0.4) is 0 Å². The molecule has 2 fully saturated rings. The van der Waals surface area contributed by atoms with Crippen LogP contribution in [-0.4, -0.2) is 38.3 Å². The van der Waals surface area contributed by atoms with Crippen LogP contribution in [0.1, 0.15) is 29.6 Å². The SMILES string of the molecule is Nc1cc(-c2ncccc2C(=O)N2C[C@H]3CC[C@@H]2C3)c2cc[nH]c2n1. The van der Waals surface area contributed by atoms with Gasteiger partial charge in [-0.15, -0.1) is 0 Å². The number of carbonyl (C=O) groups is 1. The summed E-state index contributed by atoms with van der Waals surface area (Å²) < 4.78 is 0. The lowest BCUT2D eigenvalue weighted by atomic mass is 10.0. The third kappa shape index (κ3) is 2.21. The van der Waals surface area contributed by atoms with Gasteiger partial charge in [-0.25, -0.2) is 4.98 Å². The van der Waals surface area contributed by atoms with Gasteiger partial charge in [-0.1, -0.05) is 0 Å². The molecule has 0 unspecified atom stereocenters. The van der Waals surface area contributed by atoms with E-state index in [1.165, 1.54) is 6.42 Å². The molecule has 4 heterocycles. The fourth-order valence-corrected chi connectivity index (χ4v) is 4.37. The number of H-pyrrole nitrogens is 1. The molecule has 2 aliphatic rings. The number of piperidine rings is 1. The Hall–Kier alpha value is -2.89. The van der Waals surface area contributed by atoms with Gasteiger partial charge in [-0.05, 0) is 49.4 Å². The molecule has 0 radical (unpaired) electrons. The first-order chi connectivity index (χ1) is 12.2. The lowest BCUT2D eigenvalue weighted by molar-refractivity contribution is 0.0704. The van der Waals surface area contributed by atoms with E-state index in [2.05, 4.69) is 15.0 Å². The maximum atomic E-state index is 13.2. The predicted molar refractivity (Wildman–Crippen MR) is 95.9 cm³/mol. The van der Waals surface area contributed by atoms with Crippen LogP contribution < -0.4 is 5.73 Å². The predicted octanol–water partition coefficient (Wildman–Crippen LogP) is 2.83. The summed E-state index contributed by atoms with van der Waals surface area (Å²) in [5.41, 5.74) is 8.83. The number of aromatic nitrogens is 3. The third-order valence-corrected chi connectivity index (χ3v) is 5.51. The second-order valence-corrected chi connectivity index (χ2v) is 7.02. The summed E-state index contributed by atoms with van der Waals surface area (Å²) in [5, 5.41) is 0.921. The van der Waals surface area contributed by atoms with Gasteiger partial charge in [-0.2, -0.15) is 0 Å². The first-order valence-corrected chi connectivity index (χ1v) is 8.70. The number of carbonyl (C=O) groups excluding carboxylic acids is 1. The van der Waals surface area contributed by atoms with Gasteiger partial charge in [-0.3, -0.25) is 9.78 Å². The third-order valence-electron chi connectivity index (χ3n) is 5.51. The van der Waals surface area contributed by atoms with Gasteiger partial charge in [0, 0.05) is 35.9 Å². The number of fused-ring (bicyclic) bond motifs is 3. The number of anilines is 1. The number of likely N-dealkylation sites (tertiary alicyclic amines) is 1. The van der Waals surface area contributed by atoms with E-state index in [4.69, 9.17) is 5.73 Å². The number of nitrogens with one attached hydrogen (secondary N) is 1. The van der Waals surface area contributed by atoms with Crippen LogP contribution >= 0.6 is 0 Å². The lowest BCUT2D eigenvalue weighted by Gasteiger charge is -2.27. The van der Waals surface area contributed by atoms with Crippen molar-refractivity contribution in [2.75, 3.05) is 12.3 Å². The number of aromatic amines is 1. The summed E-state index contributed by atoms with van der Waals surface area (Å²) in [7, 11) is 0. The highest BCUT2D eigenvalue weighted by atomic mass is 16.2. The zero-order valence-corrected chi connectivity index (χ0v) is 13.8. The summed E-state index contributed by atoms with van der Waals surface area (Å²) in [6.45, 7) is 0.871. The van der Waals surface area contributed by atoms with Crippen LogP contribution in [0.2, 0.25) is 0 Å². The topological polar surface area (TPSA) is 87.9 Å². The van der Waals surface area contributed by atoms with E-state index in [9.17, 15) is 4.79 Å². The monoisotopic (exact) mass is 333 g/mol. The van der Waals surface area contributed by atoms with Crippen LogP contribution in [-0.2, 0) is 0 Å². The lowest BCUT2D eigenvalue weighted by Crippen LogP contribution is -2.37. The standard InChI is InChI=1S/C19H19N5O/c20-16-9-15(13-5-7-22-18(13)23-16)17-14(2-1-6-21-17)19(25)24-10-11-3-4-12(24)8-11/h1-2,5-7,9,11-12H,3-4,8,10H2,(H3,20,22,23)/t11-,12+/m0/s1. The molecule has 1 aliphatic carbocycles. The minimum atomic E-state index is 0.0781. The van der Waals surface area contributed by atoms with Gasteiger partial charge < -0.3 is 15.6 Å². The molecule has 5 rings (SSSR count). The molecule has 6 nitrogen and oxygen atoms in total. The van der Waals surface area contributed by atoms with Crippen molar-refractivity contribution < 1.29 is 4.79 Å². The Labute approximate surface area is 145 Å². The Morgan fingerprint density at radius 2 is 2.24 bits per heavy atom. The fraction of sp³-hybridized carbons (Fsp3) is 0.316. The van der Waals surface area contributed by atoms with E-state index in [0.29, 0.717) is 34.7 Å². The zero-order valence-electron chi connectivity index (χ0n) is 13.8. The van der Waals surface area contributed by atoms with Crippen LogP contribution in [0.4, 0.5) is 5.82 Å². The van der Waals surface area contributed by atoms with Gasteiger partial charge in [0.05, 0.1) is 11.3 Å². The molecule has 6 heteroatoms. The summed E-state index contributed by atoms with van der Waals surface area (Å²) in [4.78, 5) is 27.2. The molecule has 1 amide bonds. The number of nitrogen functional groups attached to an aromatic ring is 1. The molecule has 0 aromatic carbocycles. The molecule has 1 aliphatic heterocycles. The van der Waals surface area contributed by atoms with Crippen LogP contribution in [0.25, 0.3) is 22.3 Å². The maximum absolute atomic E-state index is 13.2. The minimum absolute atomic E-state index is 0.0781. The summed E-state index contributed by atoms with van der Waals surface area (Å²) >= 11 is 0. The minimum Gasteiger partial charge on any atom is -0.384 e. The zero-order chi connectivity index (χ0) is 17.0. The number of nitrogens with two attached hydrogens (primary N) is 1. The van der Waals surface area contributed by atoms with Crippen LogP contribution in [0.15, 0.2) is 36.7 Å². The van der Waals surface area contributed by atoms with E-state index in [-0.39, 0.29) is 5.91 Å². The number of nitrogens with zero attached hydrogens (tertiary/aromatic N) is 3. The second-order valence-electron chi connectivity index (χ2n) is 7.02. The Kier molecular flexibility index (Phi) is 3.07. The van der Waals surface area contributed by atoms with Crippen molar-refractivity contribution in [2.45, 2.75) is 25.3 Å². The van der Waals surface area contributed by atoms with Crippen molar-refractivity contribution in [2.24, 2.45) is 5.92 Å². The van der Waals surface area contributed by atoms with E-state index in [0.717, 1.165) is 30.3 Å². The van der Waals surface area contributed by atoms with E-state index >= 15 is 0 Å². The molecule has 0 spiro atoms. The maximum Gasteiger partial charge on any atom is 0.256 e. The molecule has 126 valence electrons. The molecule has 1 saturated carbocycles. The van der Waals surface area contributed by atoms with E-state index in [1.807, 2.05) is 29.3 Å². The molecule has 3 aromatic heterocycles. The number of hydrogen-bond acceptors (Lipinski definition) is 4. The number of rotatable bonds is 2. The summed E-state index contributed by atoms with van der Waals surface area (Å²) in [6.07, 6.45) is 7.06. The molecular formula is C19H19N5O. The van der Waals surface area contributed by atoms with Crippen molar-refractivity contribution in [1.29, 1.82) is 0 Å². The molecule has 3 aromatic rings. The summed E-state index contributed by atoms with van der Waals surface area (Å²) in [6, 6.07) is 7.82. The van der Waals surface area contributed by atoms with Crippen molar-refractivity contribution in [3.8, 4) is 11.3 Å². The quantitative estimate of drug-likeness (QED) is 0.755.